The lowest BCUT2D eigenvalue weighted by Gasteiger charge is -2.22. The van der Waals surface area contributed by atoms with Gasteiger partial charge in [-0.1, -0.05) is 17.3 Å². The van der Waals surface area contributed by atoms with Gasteiger partial charge in [-0.05, 0) is 44.0 Å². The van der Waals surface area contributed by atoms with Gasteiger partial charge in [-0.15, -0.1) is 0 Å². The van der Waals surface area contributed by atoms with Gasteiger partial charge in [0.25, 0.3) is 0 Å². The molecule has 4 nitrogen and oxygen atoms in total. The highest BCUT2D eigenvalue weighted by Gasteiger charge is 2.28. The molecule has 0 aliphatic carbocycles. The predicted octanol–water partition coefficient (Wildman–Crippen LogP) is 3.33. The van der Waals surface area contributed by atoms with Crippen molar-refractivity contribution in [3.63, 3.8) is 0 Å². The number of aryl methyl sites for hydroxylation is 1. The van der Waals surface area contributed by atoms with E-state index < -0.39 is 0 Å². The van der Waals surface area contributed by atoms with Crippen LogP contribution in [-0.4, -0.2) is 23.7 Å². The first-order valence-corrected chi connectivity index (χ1v) is 7.06. The Morgan fingerprint density at radius 2 is 2.15 bits per heavy atom. The van der Waals surface area contributed by atoms with Gasteiger partial charge in [-0.25, -0.2) is 0 Å². The van der Waals surface area contributed by atoms with E-state index in [0.29, 0.717) is 6.04 Å². The smallest absolute Gasteiger partial charge is 0.154 e. The highest BCUT2D eigenvalue weighted by molar-refractivity contribution is 5.27. The van der Waals surface area contributed by atoms with Gasteiger partial charge in [0.15, 0.2) is 5.76 Å². The van der Waals surface area contributed by atoms with Crippen LogP contribution < -0.4 is 4.74 Å². The molecule has 1 fully saturated rings. The van der Waals surface area contributed by atoms with Crippen molar-refractivity contribution in [2.24, 2.45) is 0 Å². The second-order valence-electron chi connectivity index (χ2n) is 5.35. The molecular formula is C16H20N2O2. The number of likely N-dealkylation sites (tertiary alicyclic amines) is 1. The molecule has 4 heteroatoms. The van der Waals surface area contributed by atoms with Crippen LogP contribution in [0.25, 0.3) is 0 Å². The number of rotatable bonds is 4. The summed E-state index contributed by atoms with van der Waals surface area (Å²) in [6.45, 7) is 4.01. The van der Waals surface area contributed by atoms with Gasteiger partial charge in [0.05, 0.1) is 18.8 Å². The van der Waals surface area contributed by atoms with Gasteiger partial charge in [0.1, 0.15) is 5.75 Å². The van der Waals surface area contributed by atoms with E-state index in [9.17, 15) is 0 Å². The van der Waals surface area contributed by atoms with Gasteiger partial charge in [-0.2, -0.15) is 0 Å². The van der Waals surface area contributed by atoms with E-state index >= 15 is 0 Å². The zero-order chi connectivity index (χ0) is 13.9. The van der Waals surface area contributed by atoms with Gasteiger partial charge < -0.3 is 9.26 Å². The van der Waals surface area contributed by atoms with Crippen molar-refractivity contribution in [2.75, 3.05) is 13.7 Å². The second kappa shape index (κ2) is 5.67. The Bertz CT molecular complexity index is 562. The lowest BCUT2D eigenvalue weighted by atomic mass is 10.1. The molecule has 2 heterocycles. The molecule has 0 bridgehead atoms. The molecule has 3 rings (SSSR count). The van der Waals surface area contributed by atoms with Crippen LogP contribution in [0, 0.1) is 6.92 Å². The fraction of sp³-hybridized carbons (Fsp3) is 0.438. The molecule has 0 N–H and O–H groups in total. The zero-order valence-electron chi connectivity index (χ0n) is 12.0. The number of methoxy groups -OCH3 is 1. The second-order valence-corrected chi connectivity index (χ2v) is 5.35. The summed E-state index contributed by atoms with van der Waals surface area (Å²) < 4.78 is 10.6. The number of ether oxygens (including phenoxy) is 1. The molecule has 1 aliphatic rings. The van der Waals surface area contributed by atoms with Gasteiger partial charge in [0, 0.05) is 12.6 Å². The fourth-order valence-electron chi connectivity index (χ4n) is 2.84. The van der Waals surface area contributed by atoms with Gasteiger partial charge in [-0.3, -0.25) is 4.90 Å². The van der Waals surface area contributed by atoms with Crippen molar-refractivity contribution in [3.8, 4) is 5.75 Å². The van der Waals surface area contributed by atoms with Crippen molar-refractivity contribution in [2.45, 2.75) is 32.4 Å². The Labute approximate surface area is 119 Å². The van der Waals surface area contributed by atoms with Crippen LogP contribution in [0.4, 0.5) is 0 Å². The maximum absolute atomic E-state index is 5.44. The first-order chi connectivity index (χ1) is 9.76. The first kappa shape index (κ1) is 13.2. The van der Waals surface area contributed by atoms with Gasteiger partial charge >= 0.3 is 0 Å². The molecule has 1 saturated heterocycles. The van der Waals surface area contributed by atoms with Crippen LogP contribution in [0.15, 0.2) is 34.9 Å². The van der Waals surface area contributed by atoms with Crippen LogP contribution in [0.3, 0.4) is 0 Å². The summed E-state index contributed by atoms with van der Waals surface area (Å²) in [5, 5.41) is 4.01. The number of aromatic nitrogens is 1. The number of hydrogen-bond acceptors (Lipinski definition) is 4. The van der Waals surface area contributed by atoms with Crippen molar-refractivity contribution >= 4 is 0 Å². The summed E-state index contributed by atoms with van der Waals surface area (Å²) in [7, 11) is 1.69. The molecule has 1 aromatic heterocycles. The normalized spacial score (nSPS) is 19.4. The Kier molecular flexibility index (Phi) is 3.74. The third kappa shape index (κ3) is 2.70. The van der Waals surface area contributed by atoms with Crippen molar-refractivity contribution in [1.29, 1.82) is 0 Å². The van der Waals surface area contributed by atoms with Crippen LogP contribution >= 0.6 is 0 Å². The molecule has 1 atom stereocenters. The van der Waals surface area contributed by atoms with E-state index in [1.165, 1.54) is 12.0 Å². The molecule has 0 amide bonds. The monoisotopic (exact) mass is 272 g/mol. The maximum Gasteiger partial charge on any atom is 0.154 e. The zero-order valence-corrected chi connectivity index (χ0v) is 12.0. The summed E-state index contributed by atoms with van der Waals surface area (Å²) in [6, 6.07) is 10.7. The Morgan fingerprint density at radius 3 is 2.80 bits per heavy atom. The van der Waals surface area contributed by atoms with Gasteiger partial charge in [0.2, 0.25) is 0 Å². The Hall–Kier alpha value is -1.81. The van der Waals surface area contributed by atoms with Crippen LogP contribution in [0.5, 0.6) is 5.75 Å². The Balaban J connectivity index is 1.72. The average Bonchev–Trinajstić information content (AvgIpc) is 3.08. The number of nitrogens with zero attached hydrogens (tertiary/aromatic N) is 2. The molecule has 1 aliphatic heterocycles. The lowest BCUT2D eigenvalue weighted by Crippen LogP contribution is -2.22. The minimum absolute atomic E-state index is 0.360. The van der Waals surface area contributed by atoms with Crippen molar-refractivity contribution in [3.05, 3.63) is 47.3 Å². The standard InChI is InChI=1S/C16H20N2O2/c1-12-10-16(20-17-12)15-4-3-9-18(15)11-13-5-7-14(19-2)8-6-13/h5-8,10,15H,3-4,9,11H2,1-2H3. The SMILES string of the molecule is COc1ccc(CN2CCCC2c2cc(C)no2)cc1. The highest BCUT2D eigenvalue weighted by atomic mass is 16.5. The number of benzene rings is 1. The van der Waals surface area contributed by atoms with E-state index in [4.69, 9.17) is 9.26 Å². The van der Waals surface area contributed by atoms with Crippen molar-refractivity contribution in [1.82, 2.24) is 10.1 Å². The molecule has 0 saturated carbocycles. The minimum atomic E-state index is 0.360. The maximum atomic E-state index is 5.44. The summed E-state index contributed by atoms with van der Waals surface area (Å²) >= 11 is 0. The fourth-order valence-corrected chi connectivity index (χ4v) is 2.84. The molecule has 106 valence electrons. The quantitative estimate of drug-likeness (QED) is 0.855. The van der Waals surface area contributed by atoms with E-state index in [1.807, 2.05) is 19.1 Å². The molecule has 2 aromatic rings. The van der Waals surface area contributed by atoms with E-state index in [1.54, 1.807) is 7.11 Å². The van der Waals surface area contributed by atoms with Crippen LogP contribution in [0.1, 0.15) is 35.9 Å². The largest absolute Gasteiger partial charge is 0.497 e. The predicted molar refractivity (Wildman–Crippen MR) is 76.6 cm³/mol. The summed E-state index contributed by atoms with van der Waals surface area (Å²) in [5.41, 5.74) is 2.25. The summed E-state index contributed by atoms with van der Waals surface area (Å²) in [5.74, 6) is 1.89. The van der Waals surface area contributed by atoms with Crippen molar-refractivity contribution < 1.29 is 9.26 Å². The third-order valence-corrected chi connectivity index (χ3v) is 3.88. The van der Waals surface area contributed by atoms with E-state index in [2.05, 4.69) is 28.3 Å². The van der Waals surface area contributed by atoms with Crippen LogP contribution in [-0.2, 0) is 6.54 Å². The molecule has 0 spiro atoms. The minimum Gasteiger partial charge on any atom is -0.497 e. The molecule has 1 aromatic carbocycles. The summed E-state index contributed by atoms with van der Waals surface area (Å²) in [4.78, 5) is 2.46. The summed E-state index contributed by atoms with van der Waals surface area (Å²) in [6.07, 6.45) is 2.35. The topological polar surface area (TPSA) is 38.5 Å². The van der Waals surface area contributed by atoms with E-state index in [-0.39, 0.29) is 0 Å². The van der Waals surface area contributed by atoms with E-state index in [0.717, 1.165) is 36.7 Å². The first-order valence-electron chi connectivity index (χ1n) is 7.06. The average molecular weight is 272 g/mol. The van der Waals surface area contributed by atoms with Crippen LogP contribution in [0.2, 0.25) is 0 Å². The molecule has 0 radical (unpaired) electrons. The molecule has 20 heavy (non-hydrogen) atoms. The highest BCUT2D eigenvalue weighted by Crippen LogP contribution is 2.33. The number of hydrogen-bond donors (Lipinski definition) is 0. The molecule has 1 unspecified atom stereocenters. The lowest BCUT2D eigenvalue weighted by molar-refractivity contribution is 0.206. The molecular weight excluding hydrogens is 252 g/mol. The Morgan fingerprint density at radius 1 is 1.35 bits per heavy atom. The third-order valence-electron chi connectivity index (χ3n) is 3.88.